The number of aldehydes is 1. The second-order valence-corrected chi connectivity index (χ2v) is 16.0. The van der Waals surface area contributed by atoms with Gasteiger partial charge in [-0.05, 0) is 73.4 Å². The van der Waals surface area contributed by atoms with Crippen molar-refractivity contribution in [2.45, 2.75) is 107 Å². The van der Waals surface area contributed by atoms with Gasteiger partial charge in [-0.15, -0.1) is 0 Å². The van der Waals surface area contributed by atoms with Crippen molar-refractivity contribution in [3.05, 3.63) is 52.6 Å². The van der Waals surface area contributed by atoms with Crippen LogP contribution in [0.3, 0.4) is 0 Å². The van der Waals surface area contributed by atoms with Gasteiger partial charge in [-0.3, -0.25) is 38.4 Å². The maximum absolute atomic E-state index is 14.0. The molecule has 0 radical (unpaired) electrons. The minimum atomic E-state index is -1.80. The predicted molar refractivity (Wildman–Crippen MR) is 215 cm³/mol. The number of benzene rings is 2. The maximum Gasteiger partial charge on any atom is 0.325 e. The minimum Gasteiger partial charge on any atom is -0.506 e. The second-order valence-electron chi connectivity index (χ2n) is 16.0. The number of carbonyl (C=O) groups excluding carboxylic acids is 8. The van der Waals surface area contributed by atoms with E-state index in [1.54, 1.807) is 31.2 Å². The van der Waals surface area contributed by atoms with Gasteiger partial charge in [0.25, 0.3) is 0 Å². The van der Waals surface area contributed by atoms with Crippen molar-refractivity contribution in [2.24, 2.45) is 5.92 Å². The summed E-state index contributed by atoms with van der Waals surface area (Å²) in [5.74, 6) is -6.38. The van der Waals surface area contributed by atoms with E-state index in [0.29, 0.717) is 28.7 Å². The molecule has 8 unspecified atom stereocenters. The molecule has 2 bridgehead atoms. The summed E-state index contributed by atoms with van der Waals surface area (Å²) < 4.78 is 6.68. The molecular weight excluding hydrogens is 812 g/mol. The van der Waals surface area contributed by atoms with Crippen molar-refractivity contribution in [2.75, 3.05) is 18.4 Å². The van der Waals surface area contributed by atoms with Crippen LogP contribution in [0.2, 0.25) is 0 Å². The zero-order valence-electron chi connectivity index (χ0n) is 34.2. The highest BCUT2D eigenvalue weighted by atomic mass is 16.5. The lowest BCUT2D eigenvalue weighted by molar-refractivity contribution is -0.141. The van der Waals surface area contributed by atoms with E-state index >= 15 is 0 Å². The van der Waals surface area contributed by atoms with Crippen LogP contribution in [0.1, 0.15) is 81.2 Å². The van der Waals surface area contributed by atoms with Crippen LogP contribution < -0.4 is 47.3 Å². The highest BCUT2D eigenvalue weighted by molar-refractivity contribution is 5.96. The highest BCUT2D eigenvalue weighted by Gasteiger charge is 2.58. The number of carbonyl (C=O) groups is 9. The quantitative estimate of drug-likeness (QED) is 0.0723. The molecule has 1 saturated heterocycles. The molecular formula is C41H50N8O13. The average Bonchev–Trinajstić information content (AvgIpc) is 3.90. The molecule has 7 amide bonds. The Morgan fingerprint density at radius 1 is 1.00 bits per heavy atom. The van der Waals surface area contributed by atoms with E-state index in [1.807, 2.05) is 6.92 Å². The molecule has 62 heavy (non-hydrogen) atoms. The maximum atomic E-state index is 14.0. The fraction of sp³-hybridized carbons (Fsp3) is 0.488. The number of aliphatic hydroxyl groups excluding tert-OH is 1. The Morgan fingerprint density at radius 3 is 2.44 bits per heavy atom. The van der Waals surface area contributed by atoms with Crippen LogP contribution >= 0.6 is 0 Å². The summed E-state index contributed by atoms with van der Waals surface area (Å²) in [5.41, 5.74) is 0.214. The smallest absolute Gasteiger partial charge is 0.325 e. The monoisotopic (exact) mass is 862 g/mol. The fourth-order valence-electron chi connectivity index (χ4n) is 8.46. The summed E-state index contributed by atoms with van der Waals surface area (Å²) in [7, 11) is 0. The SMILES string of the molecule is CCC(=O)NC(C[C@@]12c3cccc(O)c3NC1Oc1c3cc(cc12)C(O)C(C(=O)NCC=O)NC(=O)C(NC(=O)C1CCC(=O)N1)CC(C)C3)C(=O)NCC(=O)NC(C)C(=O)O. The number of aliphatic carboxylic acids is 1. The van der Waals surface area contributed by atoms with Crippen molar-refractivity contribution in [3.8, 4) is 11.5 Å². The lowest BCUT2D eigenvalue weighted by Gasteiger charge is -2.33. The third-order valence-electron chi connectivity index (χ3n) is 11.6. The lowest BCUT2D eigenvalue weighted by Crippen LogP contribution is -2.57. The van der Waals surface area contributed by atoms with Gasteiger partial charge >= 0.3 is 5.97 Å². The molecule has 2 aromatic carbocycles. The van der Waals surface area contributed by atoms with Crippen LogP contribution in [0.15, 0.2) is 30.3 Å². The molecule has 0 spiro atoms. The minimum absolute atomic E-state index is 0.0175. The van der Waals surface area contributed by atoms with E-state index in [2.05, 4.69) is 42.5 Å². The van der Waals surface area contributed by atoms with E-state index in [4.69, 9.17) is 4.74 Å². The number of nitrogens with one attached hydrogen (secondary N) is 8. The van der Waals surface area contributed by atoms with Crippen molar-refractivity contribution >= 4 is 59.3 Å². The number of phenolic OH excluding ortho intramolecular Hbond substituents is 1. The summed E-state index contributed by atoms with van der Waals surface area (Å²) in [6.07, 6.45) is -2.20. The topological polar surface area (TPSA) is 320 Å². The Labute approximate surface area is 354 Å². The van der Waals surface area contributed by atoms with Crippen LogP contribution in [-0.2, 0) is 55.0 Å². The summed E-state index contributed by atoms with van der Waals surface area (Å²) in [6.45, 7) is 3.54. The van der Waals surface area contributed by atoms with Gasteiger partial charge in [0.2, 0.25) is 41.4 Å². The second kappa shape index (κ2) is 18.5. The number of hydrogen-bond donors (Lipinski definition) is 11. The van der Waals surface area contributed by atoms with E-state index in [0.717, 1.165) is 0 Å². The van der Waals surface area contributed by atoms with Crippen LogP contribution in [0.5, 0.6) is 11.5 Å². The average molecular weight is 863 g/mol. The fourth-order valence-corrected chi connectivity index (χ4v) is 8.46. The summed E-state index contributed by atoms with van der Waals surface area (Å²) in [5, 5.41) is 53.2. The molecule has 21 nitrogen and oxygen atoms in total. The first-order chi connectivity index (χ1) is 29.5. The zero-order valence-corrected chi connectivity index (χ0v) is 34.2. The third kappa shape index (κ3) is 9.11. The number of fused-ring (bicyclic) bond motifs is 8. The van der Waals surface area contributed by atoms with Gasteiger partial charge in [0.05, 0.1) is 24.2 Å². The largest absolute Gasteiger partial charge is 0.506 e. The van der Waals surface area contributed by atoms with Crippen molar-refractivity contribution in [1.82, 2.24) is 37.2 Å². The standard InChI is InChI=1S/C41H50N8O13/c1-4-28(52)46-26(35(56)43-17-30(54)44-19(3)39(60)61)16-41-22-6-5-7-27(51)31(22)49-40(41)62-34-21-12-18(2)13-25(47-36(57)24-8-9-29(53)45-24)37(58)48-32(38(59)42-10-11-50)33(55)20(14-21)15-23(34)41/h5-7,11,14-15,18-19,24-26,32-33,40,49,51,55H,4,8-10,12-13,16-17H2,1-3H3,(H,42,59)(H,43,56)(H,44,54)(H,45,53)(H,46,52)(H,47,57)(H,48,58)(H,60,61)/t18?,19?,24?,25?,26?,32?,33?,40?,41-/m0/s1. The third-order valence-corrected chi connectivity index (χ3v) is 11.6. The summed E-state index contributed by atoms with van der Waals surface area (Å²) in [4.78, 5) is 115. The Kier molecular flexibility index (Phi) is 13.3. The lowest BCUT2D eigenvalue weighted by atomic mass is 9.70. The summed E-state index contributed by atoms with van der Waals surface area (Å²) in [6, 6.07) is 1.36. The Morgan fingerprint density at radius 2 is 1.76 bits per heavy atom. The first-order valence-electron chi connectivity index (χ1n) is 20.3. The molecule has 4 aliphatic rings. The number of ether oxygens (including phenoxy) is 1. The number of rotatable bonds is 14. The number of phenols is 1. The van der Waals surface area contributed by atoms with Crippen LogP contribution in [-0.4, -0.2) is 118 Å². The highest BCUT2D eigenvalue weighted by Crippen LogP contribution is 2.59. The van der Waals surface area contributed by atoms with E-state index < -0.39 is 108 Å². The van der Waals surface area contributed by atoms with Crippen LogP contribution in [0.25, 0.3) is 0 Å². The number of anilines is 1. The first-order valence-corrected chi connectivity index (χ1v) is 20.3. The first kappa shape index (κ1) is 44.8. The Balaban J connectivity index is 1.45. The molecule has 1 fully saturated rings. The zero-order chi connectivity index (χ0) is 45.0. The molecule has 21 heteroatoms. The van der Waals surface area contributed by atoms with Crippen LogP contribution in [0.4, 0.5) is 5.69 Å². The Hall–Kier alpha value is -6.77. The van der Waals surface area contributed by atoms with Crippen LogP contribution in [0, 0.1) is 5.92 Å². The number of aliphatic hydroxyl groups is 1. The molecule has 9 atom stereocenters. The molecule has 4 heterocycles. The van der Waals surface area contributed by atoms with Crippen molar-refractivity contribution in [3.63, 3.8) is 0 Å². The molecule has 0 saturated carbocycles. The molecule has 6 rings (SSSR count). The van der Waals surface area contributed by atoms with Gasteiger partial charge in [0.1, 0.15) is 54.1 Å². The van der Waals surface area contributed by atoms with Gasteiger partial charge in [-0.1, -0.05) is 26.0 Å². The number of carboxylic acid groups (broad SMARTS) is 1. The number of carboxylic acids is 1. The van der Waals surface area contributed by atoms with E-state index in [9.17, 15) is 58.5 Å². The van der Waals surface area contributed by atoms with Gasteiger partial charge in [0, 0.05) is 18.4 Å². The van der Waals surface area contributed by atoms with Gasteiger partial charge in [0.15, 0.2) is 6.23 Å². The number of hydrogen-bond acceptors (Lipinski definition) is 13. The normalized spacial score (nSPS) is 25.5. The number of amides is 7. The number of para-hydroxylation sites is 1. The predicted octanol–water partition coefficient (Wildman–Crippen LogP) is -2.01. The van der Waals surface area contributed by atoms with Gasteiger partial charge in [-0.25, -0.2) is 0 Å². The van der Waals surface area contributed by atoms with Gasteiger partial charge in [-0.2, -0.15) is 0 Å². The molecule has 332 valence electrons. The molecule has 11 N–H and O–H groups in total. The van der Waals surface area contributed by atoms with E-state index in [1.165, 1.54) is 13.0 Å². The number of aromatic hydroxyl groups is 1. The van der Waals surface area contributed by atoms with Gasteiger partial charge < -0.3 is 67.4 Å². The van der Waals surface area contributed by atoms with Crippen molar-refractivity contribution < 1.29 is 63.2 Å². The molecule has 0 aromatic heterocycles. The molecule has 2 aromatic rings. The van der Waals surface area contributed by atoms with Crippen molar-refractivity contribution in [1.29, 1.82) is 0 Å². The van der Waals surface area contributed by atoms with E-state index in [-0.39, 0.29) is 61.4 Å². The Bertz CT molecular complexity index is 2180. The molecule has 4 aliphatic heterocycles. The summed E-state index contributed by atoms with van der Waals surface area (Å²) >= 11 is 0. The molecule has 0 aliphatic carbocycles.